The van der Waals surface area contributed by atoms with Gasteiger partial charge in [0.15, 0.2) is 0 Å². The predicted molar refractivity (Wildman–Crippen MR) is 77.1 cm³/mol. The number of hydrogen-bond acceptors (Lipinski definition) is 4. The molecule has 1 saturated carbocycles. The van der Waals surface area contributed by atoms with Crippen LogP contribution in [0.5, 0.6) is 0 Å². The van der Waals surface area contributed by atoms with Gasteiger partial charge >= 0.3 is 0 Å². The SMILES string of the molecule is CC1CCN(c2ncc(CNC3CC3)cn2)CC1C. The highest BCUT2D eigenvalue weighted by Gasteiger charge is 2.24. The third-order valence-corrected chi connectivity index (χ3v) is 4.48. The van der Waals surface area contributed by atoms with Crippen LogP contribution in [0.25, 0.3) is 0 Å². The third kappa shape index (κ3) is 3.24. The summed E-state index contributed by atoms with van der Waals surface area (Å²) in [5.41, 5.74) is 1.19. The van der Waals surface area contributed by atoms with E-state index in [1.54, 1.807) is 0 Å². The minimum atomic E-state index is 0.730. The van der Waals surface area contributed by atoms with E-state index >= 15 is 0 Å². The van der Waals surface area contributed by atoms with Gasteiger partial charge in [-0.25, -0.2) is 9.97 Å². The molecule has 2 atom stereocenters. The highest BCUT2D eigenvalue weighted by atomic mass is 15.3. The predicted octanol–water partition coefficient (Wildman–Crippen LogP) is 2.21. The standard InChI is InChI=1S/C15H24N4/c1-11-5-6-19(10-12(11)2)15-17-8-13(9-18-15)7-16-14-3-4-14/h8-9,11-12,14,16H,3-7,10H2,1-2H3. The highest BCUT2D eigenvalue weighted by molar-refractivity contribution is 5.30. The molecular formula is C15H24N4. The summed E-state index contributed by atoms with van der Waals surface area (Å²) in [5.74, 6) is 2.45. The second-order valence-corrected chi connectivity index (χ2v) is 6.24. The average molecular weight is 260 g/mol. The minimum Gasteiger partial charge on any atom is -0.341 e. The van der Waals surface area contributed by atoms with Crippen molar-refractivity contribution >= 4 is 5.95 Å². The number of hydrogen-bond donors (Lipinski definition) is 1. The van der Waals surface area contributed by atoms with Crippen LogP contribution in [0, 0.1) is 11.8 Å². The van der Waals surface area contributed by atoms with Gasteiger partial charge < -0.3 is 10.2 Å². The summed E-state index contributed by atoms with van der Waals surface area (Å²) in [6, 6.07) is 0.740. The number of nitrogens with zero attached hydrogens (tertiary/aromatic N) is 3. The van der Waals surface area contributed by atoms with Crippen molar-refractivity contribution in [3.8, 4) is 0 Å². The molecule has 2 aliphatic rings. The van der Waals surface area contributed by atoms with Gasteiger partial charge in [0.25, 0.3) is 0 Å². The maximum absolute atomic E-state index is 4.54. The first kappa shape index (κ1) is 12.9. The second kappa shape index (κ2) is 5.45. The van der Waals surface area contributed by atoms with Crippen LogP contribution in [0.4, 0.5) is 5.95 Å². The number of piperidine rings is 1. The molecule has 3 rings (SSSR count). The molecule has 0 spiro atoms. The average Bonchev–Trinajstić information content (AvgIpc) is 3.24. The molecule has 2 unspecified atom stereocenters. The van der Waals surface area contributed by atoms with E-state index in [0.717, 1.165) is 43.5 Å². The van der Waals surface area contributed by atoms with Gasteiger partial charge in [0, 0.05) is 43.6 Å². The Morgan fingerprint density at radius 1 is 1.16 bits per heavy atom. The van der Waals surface area contributed by atoms with Crippen LogP contribution >= 0.6 is 0 Å². The number of anilines is 1. The van der Waals surface area contributed by atoms with Crippen molar-refractivity contribution < 1.29 is 0 Å². The van der Waals surface area contributed by atoms with Gasteiger partial charge in [-0.15, -0.1) is 0 Å². The normalized spacial score (nSPS) is 27.6. The lowest BCUT2D eigenvalue weighted by Crippen LogP contribution is -2.39. The molecule has 0 amide bonds. The molecule has 19 heavy (non-hydrogen) atoms. The molecular weight excluding hydrogens is 236 g/mol. The first-order valence-electron chi connectivity index (χ1n) is 7.51. The zero-order valence-electron chi connectivity index (χ0n) is 12.0. The van der Waals surface area contributed by atoms with Gasteiger partial charge in [-0.05, 0) is 31.1 Å². The summed E-state index contributed by atoms with van der Waals surface area (Å²) < 4.78 is 0. The quantitative estimate of drug-likeness (QED) is 0.901. The molecule has 0 radical (unpaired) electrons. The molecule has 1 aromatic heterocycles. The zero-order valence-corrected chi connectivity index (χ0v) is 12.0. The molecule has 1 aliphatic carbocycles. The van der Waals surface area contributed by atoms with E-state index in [1.165, 1.54) is 24.8 Å². The van der Waals surface area contributed by atoms with E-state index in [0.29, 0.717) is 0 Å². The van der Waals surface area contributed by atoms with Gasteiger partial charge in [0.1, 0.15) is 0 Å². The molecule has 1 aromatic rings. The van der Waals surface area contributed by atoms with E-state index in [1.807, 2.05) is 12.4 Å². The topological polar surface area (TPSA) is 41.1 Å². The summed E-state index contributed by atoms with van der Waals surface area (Å²) >= 11 is 0. The molecule has 4 heteroatoms. The fraction of sp³-hybridized carbons (Fsp3) is 0.733. The Kier molecular flexibility index (Phi) is 3.69. The van der Waals surface area contributed by atoms with Crippen LogP contribution in [0.15, 0.2) is 12.4 Å². The van der Waals surface area contributed by atoms with E-state index in [2.05, 4.69) is 34.0 Å². The molecule has 104 valence electrons. The number of rotatable bonds is 4. The van der Waals surface area contributed by atoms with Crippen molar-refractivity contribution in [3.63, 3.8) is 0 Å². The fourth-order valence-corrected chi connectivity index (χ4v) is 2.60. The van der Waals surface area contributed by atoms with Crippen molar-refractivity contribution in [2.45, 2.75) is 45.7 Å². The van der Waals surface area contributed by atoms with Crippen LogP contribution in [0.1, 0.15) is 38.7 Å². The molecule has 1 saturated heterocycles. The molecule has 0 bridgehead atoms. The number of aromatic nitrogens is 2. The molecule has 1 N–H and O–H groups in total. The summed E-state index contributed by atoms with van der Waals surface area (Å²) in [7, 11) is 0. The Labute approximate surface area is 115 Å². The Bertz CT molecular complexity index is 413. The number of nitrogens with one attached hydrogen (secondary N) is 1. The fourth-order valence-electron chi connectivity index (χ4n) is 2.60. The van der Waals surface area contributed by atoms with Crippen molar-refractivity contribution in [1.29, 1.82) is 0 Å². The summed E-state index contributed by atoms with van der Waals surface area (Å²) in [5, 5.41) is 3.49. The first-order valence-corrected chi connectivity index (χ1v) is 7.51. The molecule has 2 heterocycles. The lowest BCUT2D eigenvalue weighted by Gasteiger charge is -2.35. The summed E-state index contributed by atoms with van der Waals surface area (Å²) in [4.78, 5) is 11.4. The monoisotopic (exact) mass is 260 g/mol. The van der Waals surface area contributed by atoms with Crippen LogP contribution in [0.2, 0.25) is 0 Å². The molecule has 1 aliphatic heterocycles. The van der Waals surface area contributed by atoms with Crippen molar-refractivity contribution in [3.05, 3.63) is 18.0 Å². The van der Waals surface area contributed by atoms with Crippen LogP contribution in [-0.2, 0) is 6.54 Å². The molecule has 4 nitrogen and oxygen atoms in total. The Balaban J connectivity index is 1.58. The van der Waals surface area contributed by atoms with E-state index in [9.17, 15) is 0 Å². The summed E-state index contributed by atoms with van der Waals surface area (Å²) in [6.45, 7) is 7.74. The second-order valence-electron chi connectivity index (χ2n) is 6.24. The first-order chi connectivity index (χ1) is 9.22. The largest absolute Gasteiger partial charge is 0.341 e. The van der Waals surface area contributed by atoms with Crippen LogP contribution < -0.4 is 10.2 Å². The highest BCUT2D eigenvalue weighted by Crippen LogP contribution is 2.24. The van der Waals surface area contributed by atoms with Crippen molar-refractivity contribution in [2.24, 2.45) is 11.8 Å². The summed E-state index contributed by atoms with van der Waals surface area (Å²) in [6.07, 6.45) is 7.84. The van der Waals surface area contributed by atoms with Crippen molar-refractivity contribution in [2.75, 3.05) is 18.0 Å². The lowest BCUT2D eigenvalue weighted by atomic mass is 9.89. The Hall–Kier alpha value is -1.16. The maximum atomic E-state index is 4.54. The minimum absolute atomic E-state index is 0.730. The van der Waals surface area contributed by atoms with Gasteiger partial charge in [-0.2, -0.15) is 0 Å². The van der Waals surface area contributed by atoms with Gasteiger partial charge in [0.2, 0.25) is 5.95 Å². The van der Waals surface area contributed by atoms with E-state index in [4.69, 9.17) is 0 Å². The zero-order chi connectivity index (χ0) is 13.2. The third-order valence-electron chi connectivity index (χ3n) is 4.48. The molecule has 2 fully saturated rings. The lowest BCUT2D eigenvalue weighted by molar-refractivity contribution is 0.321. The van der Waals surface area contributed by atoms with E-state index in [-0.39, 0.29) is 0 Å². The van der Waals surface area contributed by atoms with Crippen molar-refractivity contribution in [1.82, 2.24) is 15.3 Å². The maximum Gasteiger partial charge on any atom is 0.225 e. The van der Waals surface area contributed by atoms with Gasteiger partial charge in [0.05, 0.1) is 0 Å². The van der Waals surface area contributed by atoms with Gasteiger partial charge in [-0.1, -0.05) is 13.8 Å². The van der Waals surface area contributed by atoms with Crippen LogP contribution in [-0.4, -0.2) is 29.1 Å². The Morgan fingerprint density at radius 3 is 2.53 bits per heavy atom. The van der Waals surface area contributed by atoms with Crippen LogP contribution in [0.3, 0.4) is 0 Å². The molecule has 0 aromatic carbocycles. The Morgan fingerprint density at radius 2 is 1.89 bits per heavy atom. The smallest absolute Gasteiger partial charge is 0.225 e. The van der Waals surface area contributed by atoms with E-state index < -0.39 is 0 Å². The van der Waals surface area contributed by atoms with Gasteiger partial charge in [-0.3, -0.25) is 0 Å².